The molecule has 0 bridgehead atoms. The second-order valence-electron chi connectivity index (χ2n) is 8.38. The van der Waals surface area contributed by atoms with Gasteiger partial charge < -0.3 is 16.0 Å². The molecular weight excluding hydrogens is 528 g/mol. The molecule has 0 spiro atoms. The summed E-state index contributed by atoms with van der Waals surface area (Å²) in [5.41, 5.74) is 1.26. The van der Waals surface area contributed by atoms with Gasteiger partial charge in [-0.1, -0.05) is 48.5 Å². The van der Waals surface area contributed by atoms with Gasteiger partial charge in [0.05, 0.1) is 16.2 Å². The zero-order valence-corrected chi connectivity index (χ0v) is 21.9. The molecule has 4 aromatic rings. The molecule has 0 aliphatic rings. The number of nitro benzene ring substituents is 1. The van der Waals surface area contributed by atoms with E-state index in [4.69, 9.17) is 0 Å². The van der Waals surface area contributed by atoms with Crippen molar-refractivity contribution in [3.05, 3.63) is 136 Å². The van der Waals surface area contributed by atoms with Gasteiger partial charge in [0.25, 0.3) is 17.5 Å². The van der Waals surface area contributed by atoms with Crippen LogP contribution in [0.1, 0.15) is 15.9 Å². The fourth-order valence-electron chi connectivity index (χ4n) is 3.57. The average Bonchev–Trinajstić information content (AvgIpc) is 2.97. The Kier molecular flexibility index (Phi) is 9.41. The second-order valence-corrected chi connectivity index (χ2v) is 9.42. The Hall–Kier alpha value is -5.22. The number of anilines is 2. The van der Waals surface area contributed by atoms with Crippen LogP contribution in [-0.4, -0.2) is 28.4 Å². The molecule has 4 aromatic carbocycles. The molecule has 0 aliphatic carbocycles. The molecule has 0 unspecified atom stereocenters. The van der Waals surface area contributed by atoms with Gasteiger partial charge in [0.2, 0.25) is 5.91 Å². The lowest BCUT2D eigenvalue weighted by molar-refractivity contribution is -0.385. The fraction of sp³-hybridized carbons (Fsp3) is 0.0333. The van der Waals surface area contributed by atoms with E-state index in [1.807, 2.05) is 18.2 Å². The first-order valence-electron chi connectivity index (χ1n) is 12.1. The lowest BCUT2D eigenvalue weighted by atomic mass is 10.1. The number of hydrogen-bond donors (Lipinski definition) is 3. The third-order valence-corrected chi connectivity index (χ3v) is 6.51. The zero-order chi connectivity index (χ0) is 28.3. The molecule has 3 N–H and O–H groups in total. The summed E-state index contributed by atoms with van der Waals surface area (Å²) in [6, 6.07) is 30.2. The first-order chi connectivity index (χ1) is 19.4. The van der Waals surface area contributed by atoms with Crippen molar-refractivity contribution in [3.8, 4) is 0 Å². The number of nitro groups is 1. The molecule has 0 saturated carbocycles. The van der Waals surface area contributed by atoms with Crippen molar-refractivity contribution >= 4 is 52.6 Å². The molecule has 3 amide bonds. The molecular formula is C30H24N4O5S. The van der Waals surface area contributed by atoms with Crippen molar-refractivity contribution in [2.45, 2.75) is 4.90 Å². The summed E-state index contributed by atoms with van der Waals surface area (Å²) in [6.45, 7) is 0. The molecule has 9 nitrogen and oxygen atoms in total. The van der Waals surface area contributed by atoms with E-state index < -0.39 is 16.7 Å². The Bertz CT molecular complexity index is 1540. The highest BCUT2D eigenvalue weighted by Gasteiger charge is 2.18. The molecule has 0 radical (unpaired) electrons. The minimum Gasteiger partial charge on any atom is -0.325 e. The van der Waals surface area contributed by atoms with Gasteiger partial charge in [-0.25, -0.2) is 0 Å². The number of carbonyl (C=O) groups is 3. The van der Waals surface area contributed by atoms with Crippen LogP contribution in [0.3, 0.4) is 0 Å². The van der Waals surface area contributed by atoms with E-state index in [2.05, 4.69) is 16.0 Å². The Labute approximate surface area is 234 Å². The molecule has 40 heavy (non-hydrogen) atoms. The topological polar surface area (TPSA) is 130 Å². The normalized spacial score (nSPS) is 10.8. The maximum atomic E-state index is 13.2. The van der Waals surface area contributed by atoms with Gasteiger partial charge in [0.1, 0.15) is 5.70 Å². The number of carbonyl (C=O) groups excluding carboxylic acids is 3. The van der Waals surface area contributed by atoms with E-state index in [9.17, 15) is 24.5 Å². The molecule has 0 atom stereocenters. The minimum absolute atomic E-state index is 0.146. The minimum atomic E-state index is -0.662. The monoisotopic (exact) mass is 552 g/mol. The van der Waals surface area contributed by atoms with Crippen molar-refractivity contribution in [3.63, 3.8) is 0 Å². The third-order valence-electron chi connectivity index (χ3n) is 5.50. The molecule has 200 valence electrons. The molecule has 4 rings (SSSR count). The maximum Gasteiger partial charge on any atom is 0.276 e. The van der Waals surface area contributed by atoms with Crippen LogP contribution in [0.5, 0.6) is 0 Å². The number of nitrogens with zero attached hydrogens (tertiary/aromatic N) is 1. The van der Waals surface area contributed by atoms with E-state index in [1.165, 1.54) is 36.0 Å². The summed E-state index contributed by atoms with van der Waals surface area (Å²) in [5.74, 6) is -1.15. The van der Waals surface area contributed by atoms with Crippen LogP contribution in [0.25, 0.3) is 6.08 Å². The van der Waals surface area contributed by atoms with E-state index in [0.717, 1.165) is 10.6 Å². The van der Waals surface area contributed by atoms with Gasteiger partial charge in [0.15, 0.2) is 0 Å². The van der Waals surface area contributed by atoms with E-state index in [0.29, 0.717) is 11.3 Å². The summed E-state index contributed by atoms with van der Waals surface area (Å²) in [5, 5.41) is 19.6. The summed E-state index contributed by atoms with van der Waals surface area (Å²) < 4.78 is 0. The largest absolute Gasteiger partial charge is 0.325 e. The van der Waals surface area contributed by atoms with Gasteiger partial charge in [0, 0.05) is 27.9 Å². The van der Waals surface area contributed by atoms with Crippen LogP contribution in [0, 0.1) is 10.1 Å². The first kappa shape index (κ1) is 27.8. The fourth-order valence-corrected chi connectivity index (χ4v) is 4.27. The highest BCUT2D eigenvalue weighted by molar-refractivity contribution is 8.00. The van der Waals surface area contributed by atoms with Crippen LogP contribution < -0.4 is 16.0 Å². The number of thioether (sulfide) groups is 1. The molecule has 0 aliphatic heterocycles. The number of nitrogens with one attached hydrogen (secondary N) is 3. The molecule has 0 saturated heterocycles. The maximum absolute atomic E-state index is 13.2. The molecule has 0 aromatic heterocycles. The summed E-state index contributed by atoms with van der Waals surface area (Å²) in [7, 11) is 0. The van der Waals surface area contributed by atoms with E-state index in [-0.39, 0.29) is 28.6 Å². The lowest BCUT2D eigenvalue weighted by Crippen LogP contribution is -2.30. The van der Waals surface area contributed by atoms with Crippen molar-refractivity contribution in [2.24, 2.45) is 0 Å². The van der Waals surface area contributed by atoms with Crippen LogP contribution >= 0.6 is 11.8 Å². The van der Waals surface area contributed by atoms with Gasteiger partial charge >= 0.3 is 0 Å². The standard InChI is InChI=1S/C30H24N4O5S/c35-28(31-23-12-5-2-6-13-23)20-40-25-17-15-24(16-18-25)32-30(37)26(33-29(36)21-9-3-1-4-10-21)19-22-11-7-8-14-27(22)34(38)39/h1-19H,20H2,(H,31,35)(H,32,37)(H,33,36)/b26-19-. The lowest BCUT2D eigenvalue weighted by Gasteiger charge is -2.12. The quantitative estimate of drug-likeness (QED) is 0.0996. The number of rotatable bonds is 10. The zero-order valence-electron chi connectivity index (χ0n) is 21.1. The molecule has 0 heterocycles. The van der Waals surface area contributed by atoms with Gasteiger partial charge in [-0.3, -0.25) is 24.5 Å². The third kappa shape index (κ3) is 7.89. The van der Waals surface area contributed by atoms with Crippen LogP contribution in [0.4, 0.5) is 17.1 Å². The van der Waals surface area contributed by atoms with Gasteiger partial charge in [-0.05, 0) is 60.7 Å². The van der Waals surface area contributed by atoms with Crippen LogP contribution in [0.2, 0.25) is 0 Å². The number of amides is 3. The SMILES string of the molecule is O=C(CSc1ccc(NC(=O)/C(=C/c2ccccc2[N+](=O)[O-])NC(=O)c2ccccc2)cc1)Nc1ccccc1. The first-order valence-corrected chi connectivity index (χ1v) is 13.1. The number of para-hydroxylation sites is 2. The Balaban J connectivity index is 1.46. The highest BCUT2D eigenvalue weighted by atomic mass is 32.2. The number of hydrogen-bond acceptors (Lipinski definition) is 6. The Morgan fingerprint density at radius 2 is 1.35 bits per heavy atom. The van der Waals surface area contributed by atoms with Crippen molar-refractivity contribution < 1.29 is 19.3 Å². The summed E-state index contributed by atoms with van der Waals surface area (Å²) in [4.78, 5) is 50.0. The van der Waals surface area contributed by atoms with Gasteiger partial charge in [-0.2, -0.15) is 0 Å². The predicted octanol–water partition coefficient (Wildman–Crippen LogP) is 5.74. The number of benzene rings is 4. The van der Waals surface area contributed by atoms with E-state index >= 15 is 0 Å². The Morgan fingerprint density at radius 3 is 2.02 bits per heavy atom. The van der Waals surface area contributed by atoms with Crippen LogP contribution in [-0.2, 0) is 9.59 Å². The molecule has 10 heteroatoms. The van der Waals surface area contributed by atoms with E-state index in [1.54, 1.807) is 72.8 Å². The molecule has 0 fully saturated rings. The summed E-state index contributed by atoms with van der Waals surface area (Å²) in [6.07, 6.45) is 1.27. The van der Waals surface area contributed by atoms with Crippen molar-refractivity contribution in [1.82, 2.24) is 5.32 Å². The average molecular weight is 553 g/mol. The second kappa shape index (κ2) is 13.5. The Morgan fingerprint density at radius 1 is 0.750 bits per heavy atom. The highest BCUT2D eigenvalue weighted by Crippen LogP contribution is 2.23. The van der Waals surface area contributed by atoms with Crippen molar-refractivity contribution in [1.29, 1.82) is 0 Å². The smallest absolute Gasteiger partial charge is 0.276 e. The predicted molar refractivity (Wildman–Crippen MR) is 156 cm³/mol. The summed E-state index contributed by atoms with van der Waals surface area (Å²) >= 11 is 1.34. The van der Waals surface area contributed by atoms with Crippen LogP contribution in [0.15, 0.2) is 120 Å². The van der Waals surface area contributed by atoms with Crippen molar-refractivity contribution in [2.75, 3.05) is 16.4 Å². The van der Waals surface area contributed by atoms with Gasteiger partial charge in [-0.15, -0.1) is 11.8 Å².